The molecule has 2 aromatic carbocycles. The highest BCUT2D eigenvalue weighted by atomic mass is 19.2. The van der Waals surface area contributed by atoms with Gasteiger partial charge in [-0.3, -0.25) is 0 Å². The molecular formula is C15H13F3O. The molecule has 0 spiro atoms. The molecule has 0 aromatic heterocycles. The van der Waals surface area contributed by atoms with Crippen molar-refractivity contribution in [2.45, 2.75) is 19.4 Å². The number of aliphatic hydroxyl groups is 1. The van der Waals surface area contributed by atoms with E-state index in [0.717, 1.165) is 17.7 Å². The van der Waals surface area contributed by atoms with Crippen molar-refractivity contribution in [3.8, 4) is 0 Å². The van der Waals surface area contributed by atoms with E-state index >= 15 is 0 Å². The summed E-state index contributed by atoms with van der Waals surface area (Å²) in [7, 11) is 0. The largest absolute Gasteiger partial charge is 0.381 e. The molecule has 0 aliphatic rings. The minimum atomic E-state index is -1.73. The van der Waals surface area contributed by atoms with E-state index in [1.807, 2.05) is 6.92 Å². The molecule has 1 atom stereocenters. The maximum atomic E-state index is 13.7. The van der Waals surface area contributed by atoms with Crippen LogP contribution in [0.4, 0.5) is 13.2 Å². The first kappa shape index (κ1) is 13.6. The van der Waals surface area contributed by atoms with Gasteiger partial charge in [0.25, 0.3) is 0 Å². The monoisotopic (exact) mass is 266 g/mol. The summed E-state index contributed by atoms with van der Waals surface area (Å²) in [4.78, 5) is 0. The number of hydrogen-bond donors (Lipinski definition) is 1. The van der Waals surface area contributed by atoms with Crippen LogP contribution in [0.2, 0.25) is 0 Å². The van der Waals surface area contributed by atoms with Crippen LogP contribution in [0.5, 0.6) is 0 Å². The van der Waals surface area contributed by atoms with Gasteiger partial charge in [0.05, 0.1) is 0 Å². The van der Waals surface area contributed by atoms with Crippen molar-refractivity contribution in [2.75, 3.05) is 0 Å². The van der Waals surface area contributed by atoms with E-state index in [1.165, 1.54) is 6.92 Å². The molecule has 19 heavy (non-hydrogen) atoms. The fraction of sp³-hybridized carbons (Fsp3) is 0.200. The highest BCUT2D eigenvalue weighted by Crippen LogP contribution is 2.32. The fourth-order valence-corrected chi connectivity index (χ4v) is 1.94. The average molecular weight is 266 g/mol. The molecule has 0 fully saturated rings. The van der Waals surface area contributed by atoms with Gasteiger partial charge in [-0.05, 0) is 31.5 Å². The number of halogens is 3. The molecule has 1 nitrogen and oxygen atoms in total. The average Bonchev–Trinajstić information content (AvgIpc) is 2.36. The second-order valence-corrected chi connectivity index (χ2v) is 4.66. The molecule has 4 heteroatoms. The second-order valence-electron chi connectivity index (χ2n) is 4.66. The SMILES string of the molecule is Cc1ccc(C(C)(O)c2ccc(F)c(F)c2F)cc1. The van der Waals surface area contributed by atoms with Gasteiger partial charge in [-0.15, -0.1) is 0 Å². The third kappa shape index (κ3) is 2.36. The Labute approximate surface area is 109 Å². The molecule has 1 N–H and O–H groups in total. The van der Waals surface area contributed by atoms with Gasteiger partial charge in [0.2, 0.25) is 0 Å². The lowest BCUT2D eigenvalue weighted by molar-refractivity contribution is 0.0967. The topological polar surface area (TPSA) is 20.2 Å². The van der Waals surface area contributed by atoms with E-state index in [9.17, 15) is 18.3 Å². The molecule has 0 bridgehead atoms. The fourth-order valence-electron chi connectivity index (χ4n) is 1.94. The molecule has 0 heterocycles. The van der Waals surface area contributed by atoms with E-state index in [4.69, 9.17) is 0 Å². The molecule has 100 valence electrons. The van der Waals surface area contributed by atoms with Crippen LogP contribution in [-0.2, 0) is 5.60 Å². The van der Waals surface area contributed by atoms with Gasteiger partial charge >= 0.3 is 0 Å². The van der Waals surface area contributed by atoms with Gasteiger partial charge in [-0.1, -0.05) is 29.8 Å². The number of benzene rings is 2. The molecule has 2 rings (SSSR count). The Morgan fingerprint density at radius 2 is 1.47 bits per heavy atom. The zero-order valence-electron chi connectivity index (χ0n) is 10.5. The van der Waals surface area contributed by atoms with Crippen molar-refractivity contribution < 1.29 is 18.3 Å². The molecule has 0 amide bonds. The van der Waals surface area contributed by atoms with E-state index in [-0.39, 0.29) is 5.56 Å². The lowest BCUT2D eigenvalue weighted by Crippen LogP contribution is -2.25. The van der Waals surface area contributed by atoms with Crippen LogP contribution < -0.4 is 0 Å². The van der Waals surface area contributed by atoms with Gasteiger partial charge in [-0.25, -0.2) is 13.2 Å². The first-order chi connectivity index (χ1) is 8.84. The van der Waals surface area contributed by atoms with Crippen LogP contribution in [0.25, 0.3) is 0 Å². The third-order valence-corrected chi connectivity index (χ3v) is 3.17. The molecule has 0 aliphatic carbocycles. The van der Waals surface area contributed by atoms with Crippen molar-refractivity contribution in [3.63, 3.8) is 0 Å². The Balaban J connectivity index is 2.56. The molecule has 0 radical (unpaired) electrons. The maximum absolute atomic E-state index is 13.7. The van der Waals surface area contributed by atoms with Crippen LogP contribution in [-0.4, -0.2) is 5.11 Å². The molecule has 0 aliphatic heterocycles. The lowest BCUT2D eigenvalue weighted by atomic mass is 9.87. The Morgan fingerprint density at radius 3 is 2.05 bits per heavy atom. The molecule has 2 aromatic rings. The van der Waals surface area contributed by atoms with Gasteiger partial charge < -0.3 is 5.11 Å². The van der Waals surface area contributed by atoms with Crippen molar-refractivity contribution in [1.29, 1.82) is 0 Å². The quantitative estimate of drug-likeness (QED) is 0.822. The summed E-state index contributed by atoms with van der Waals surface area (Å²) in [5, 5.41) is 10.4. The van der Waals surface area contributed by atoms with Crippen LogP contribution in [0.15, 0.2) is 36.4 Å². The Morgan fingerprint density at radius 1 is 0.895 bits per heavy atom. The Hall–Kier alpha value is -1.81. The smallest absolute Gasteiger partial charge is 0.194 e. The highest BCUT2D eigenvalue weighted by molar-refractivity contribution is 5.37. The molecule has 0 saturated carbocycles. The summed E-state index contributed by atoms with van der Waals surface area (Å²) in [5.74, 6) is -4.23. The van der Waals surface area contributed by atoms with Crippen molar-refractivity contribution >= 4 is 0 Å². The van der Waals surface area contributed by atoms with Gasteiger partial charge in [-0.2, -0.15) is 0 Å². The molecule has 0 saturated heterocycles. The molecule has 1 unspecified atom stereocenters. The van der Waals surface area contributed by atoms with E-state index in [2.05, 4.69) is 0 Å². The van der Waals surface area contributed by atoms with E-state index in [1.54, 1.807) is 24.3 Å². The third-order valence-electron chi connectivity index (χ3n) is 3.17. The van der Waals surface area contributed by atoms with Crippen molar-refractivity contribution in [3.05, 3.63) is 70.5 Å². The predicted molar refractivity (Wildman–Crippen MR) is 66.2 cm³/mol. The van der Waals surface area contributed by atoms with Gasteiger partial charge in [0.1, 0.15) is 5.60 Å². The maximum Gasteiger partial charge on any atom is 0.194 e. The van der Waals surface area contributed by atoms with Gasteiger partial charge in [0.15, 0.2) is 17.5 Å². The summed E-state index contributed by atoms with van der Waals surface area (Å²) in [5.41, 5.74) is -0.643. The van der Waals surface area contributed by atoms with Gasteiger partial charge in [0, 0.05) is 5.56 Å². The zero-order valence-corrected chi connectivity index (χ0v) is 10.5. The summed E-state index contributed by atoms with van der Waals surface area (Å²) >= 11 is 0. The second kappa shape index (κ2) is 4.70. The first-order valence-electron chi connectivity index (χ1n) is 5.77. The van der Waals surface area contributed by atoms with Crippen LogP contribution >= 0.6 is 0 Å². The number of hydrogen-bond acceptors (Lipinski definition) is 1. The molecular weight excluding hydrogens is 253 g/mol. The first-order valence-corrected chi connectivity index (χ1v) is 5.77. The number of rotatable bonds is 2. The lowest BCUT2D eigenvalue weighted by Gasteiger charge is -2.25. The van der Waals surface area contributed by atoms with Crippen LogP contribution in [0.3, 0.4) is 0 Å². The van der Waals surface area contributed by atoms with E-state index in [0.29, 0.717) is 5.56 Å². The standard InChI is InChI=1S/C15H13F3O/c1-9-3-5-10(6-4-9)15(2,19)11-7-8-12(16)14(18)13(11)17/h3-8,19H,1-2H3. The van der Waals surface area contributed by atoms with Crippen molar-refractivity contribution in [2.24, 2.45) is 0 Å². The highest BCUT2D eigenvalue weighted by Gasteiger charge is 2.31. The predicted octanol–water partition coefficient (Wildman–Crippen LogP) is 3.67. The summed E-state index contributed by atoms with van der Waals surface area (Å²) in [6.45, 7) is 3.21. The summed E-state index contributed by atoms with van der Waals surface area (Å²) in [6, 6.07) is 8.60. The minimum absolute atomic E-state index is 0.296. The Bertz CT molecular complexity index is 604. The van der Waals surface area contributed by atoms with Crippen LogP contribution in [0, 0.1) is 24.4 Å². The normalized spacial score (nSPS) is 14.2. The summed E-state index contributed by atoms with van der Waals surface area (Å²) < 4.78 is 39.9. The van der Waals surface area contributed by atoms with Crippen LogP contribution in [0.1, 0.15) is 23.6 Å². The Kier molecular flexibility index (Phi) is 3.37. The minimum Gasteiger partial charge on any atom is -0.381 e. The summed E-state index contributed by atoms with van der Waals surface area (Å²) in [6.07, 6.45) is 0. The van der Waals surface area contributed by atoms with E-state index < -0.39 is 23.1 Å². The van der Waals surface area contributed by atoms with Crippen molar-refractivity contribution in [1.82, 2.24) is 0 Å². The zero-order chi connectivity index (χ0) is 14.2. The number of aryl methyl sites for hydroxylation is 1.